The normalized spacial score (nSPS) is 14.0. The van der Waals surface area contributed by atoms with Gasteiger partial charge in [0.05, 0.1) is 29.8 Å². The van der Waals surface area contributed by atoms with E-state index in [1.165, 1.54) is 0 Å². The van der Waals surface area contributed by atoms with Crippen molar-refractivity contribution in [2.75, 3.05) is 6.61 Å². The third kappa shape index (κ3) is 1.97. The zero-order valence-corrected chi connectivity index (χ0v) is 12.5. The number of rotatable bonds is 1. The van der Waals surface area contributed by atoms with Crippen LogP contribution in [0.4, 0.5) is 0 Å². The Bertz CT molecular complexity index is 912. The highest BCUT2D eigenvalue weighted by Gasteiger charge is 2.19. The summed E-state index contributed by atoms with van der Waals surface area (Å²) in [4.78, 5) is 16.2. The van der Waals surface area contributed by atoms with Crippen LogP contribution in [-0.2, 0) is 11.2 Å². The number of nitrogens with zero attached hydrogens (tertiary/aromatic N) is 3. The molecular weight excluding hydrogens is 278 g/mol. The van der Waals surface area contributed by atoms with E-state index < -0.39 is 0 Å². The number of hydrogen-bond acceptors (Lipinski definition) is 4. The lowest BCUT2D eigenvalue weighted by molar-refractivity contribution is 0.0480. The molecule has 4 rings (SSSR count). The van der Waals surface area contributed by atoms with Crippen molar-refractivity contribution in [3.63, 3.8) is 0 Å². The number of benzene rings is 1. The number of fused-ring (bicyclic) bond motifs is 2. The van der Waals surface area contributed by atoms with Crippen molar-refractivity contribution in [3.8, 4) is 11.3 Å². The number of hydrogen-bond donors (Lipinski definition) is 0. The number of aromatic nitrogens is 3. The van der Waals surface area contributed by atoms with Gasteiger partial charge in [0.1, 0.15) is 0 Å². The van der Waals surface area contributed by atoms with Crippen molar-refractivity contribution < 1.29 is 9.53 Å². The minimum Gasteiger partial charge on any atom is -0.462 e. The number of aryl methyl sites for hydroxylation is 2. The van der Waals surface area contributed by atoms with E-state index in [1.807, 2.05) is 48.8 Å². The average molecular weight is 293 g/mol. The Morgan fingerprint density at radius 3 is 2.95 bits per heavy atom. The Kier molecular flexibility index (Phi) is 2.76. The highest BCUT2D eigenvalue weighted by Crippen LogP contribution is 2.25. The predicted molar refractivity (Wildman–Crippen MR) is 81.9 cm³/mol. The monoisotopic (exact) mass is 293 g/mol. The molecule has 0 fully saturated rings. The van der Waals surface area contributed by atoms with Crippen molar-refractivity contribution in [3.05, 3.63) is 52.8 Å². The maximum atomic E-state index is 11.7. The van der Waals surface area contributed by atoms with E-state index in [0.29, 0.717) is 12.2 Å². The largest absolute Gasteiger partial charge is 0.462 e. The molecule has 5 nitrogen and oxygen atoms in total. The number of carbonyl (C=O) groups excluding carboxylic acids is 1. The van der Waals surface area contributed by atoms with Gasteiger partial charge in [0.2, 0.25) is 0 Å². The first-order valence-corrected chi connectivity index (χ1v) is 7.26. The number of ether oxygens (including phenoxy) is 1. The van der Waals surface area contributed by atoms with Crippen LogP contribution in [0.15, 0.2) is 30.5 Å². The van der Waals surface area contributed by atoms with Gasteiger partial charge >= 0.3 is 5.97 Å². The first-order chi connectivity index (χ1) is 10.6. The SMILES string of the molecule is Cc1cn2nc(-c3ccc4c(c3)CCOC4=O)cc(C)c2n1. The molecule has 0 radical (unpaired) electrons. The summed E-state index contributed by atoms with van der Waals surface area (Å²) in [6, 6.07) is 7.81. The molecule has 0 saturated heterocycles. The summed E-state index contributed by atoms with van der Waals surface area (Å²) in [5, 5.41) is 4.63. The van der Waals surface area contributed by atoms with Crippen LogP contribution < -0.4 is 0 Å². The molecule has 0 atom stereocenters. The Balaban J connectivity index is 1.86. The van der Waals surface area contributed by atoms with E-state index in [4.69, 9.17) is 4.74 Å². The molecule has 0 amide bonds. The van der Waals surface area contributed by atoms with E-state index >= 15 is 0 Å². The van der Waals surface area contributed by atoms with Crippen LogP contribution in [0.5, 0.6) is 0 Å². The predicted octanol–water partition coefficient (Wildman–Crippen LogP) is 2.73. The van der Waals surface area contributed by atoms with Gasteiger partial charge in [-0.2, -0.15) is 5.10 Å². The van der Waals surface area contributed by atoms with Crippen LogP contribution >= 0.6 is 0 Å². The summed E-state index contributed by atoms with van der Waals surface area (Å²) >= 11 is 0. The van der Waals surface area contributed by atoms with Crippen molar-refractivity contribution >= 4 is 11.6 Å². The van der Waals surface area contributed by atoms with Crippen LogP contribution in [-0.4, -0.2) is 27.2 Å². The van der Waals surface area contributed by atoms with E-state index in [1.54, 1.807) is 0 Å². The molecule has 1 aromatic carbocycles. The van der Waals surface area contributed by atoms with Gasteiger partial charge in [-0.3, -0.25) is 0 Å². The minimum absolute atomic E-state index is 0.238. The number of imidazole rings is 1. The number of esters is 1. The lowest BCUT2D eigenvalue weighted by Crippen LogP contribution is -2.17. The second kappa shape index (κ2) is 4.66. The van der Waals surface area contributed by atoms with Gasteiger partial charge in [-0.05, 0) is 43.2 Å². The number of cyclic esters (lactones) is 1. The third-order valence-electron chi connectivity index (χ3n) is 3.96. The zero-order valence-electron chi connectivity index (χ0n) is 12.5. The van der Waals surface area contributed by atoms with Crippen molar-refractivity contribution in [2.24, 2.45) is 0 Å². The smallest absolute Gasteiger partial charge is 0.338 e. The molecule has 1 aliphatic rings. The second-order valence-corrected chi connectivity index (χ2v) is 5.62. The van der Waals surface area contributed by atoms with E-state index in [-0.39, 0.29) is 5.97 Å². The van der Waals surface area contributed by atoms with E-state index in [9.17, 15) is 4.79 Å². The van der Waals surface area contributed by atoms with Crippen LogP contribution in [0.2, 0.25) is 0 Å². The highest BCUT2D eigenvalue weighted by atomic mass is 16.5. The molecule has 110 valence electrons. The van der Waals surface area contributed by atoms with Crippen LogP contribution in [0, 0.1) is 13.8 Å². The summed E-state index contributed by atoms with van der Waals surface area (Å²) in [6.45, 7) is 4.43. The lowest BCUT2D eigenvalue weighted by atomic mass is 9.98. The minimum atomic E-state index is -0.238. The van der Waals surface area contributed by atoms with E-state index in [0.717, 1.165) is 40.1 Å². The van der Waals surface area contributed by atoms with Crippen molar-refractivity contribution in [1.29, 1.82) is 0 Å². The fourth-order valence-corrected chi connectivity index (χ4v) is 2.88. The first-order valence-electron chi connectivity index (χ1n) is 7.26. The topological polar surface area (TPSA) is 56.5 Å². The summed E-state index contributed by atoms with van der Waals surface area (Å²) in [5.74, 6) is -0.238. The van der Waals surface area contributed by atoms with Gasteiger partial charge < -0.3 is 4.74 Å². The molecule has 3 aromatic rings. The Labute approximate surface area is 127 Å². The molecular formula is C17H15N3O2. The van der Waals surface area contributed by atoms with E-state index in [2.05, 4.69) is 10.1 Å². The first kappa shape index (κ1) is 13.0. The summed E-state index contributed by atoms with van der Waals surface area (Å²) in [6.07, 6.45) is 2.67. The molecule has 0 spiro atoms. The van der Waals surface area contributed by atoms with Crippen LogP contribution in [0.3, 0.4) is 0 Å². The zero-order chi connectivity index (χ0) is 15.3. The van der Waals surface area contributed by atoms with Crippen molar-refractivity contribution in [1.82, 2.24) is 14.6 Å². The molecule has 22 heavy (non-hydrogen) atoms. The van der Waals surface area contributed by atoms with Crippen LogP contribution in [0.1, 0.15) is 27.2 Å². The van der Waals surface area contributed by atoms with Gasteiger partial charge in [0.15, 0.2) is 5.65 Å². The maximum Gasteiger partial charge on any atom is 0.338 e. The van der Waals surface area contributed by atoms with Gasteiger partial charge in [-0.1, -0.05) is 6.07 Å². The summed E-state index contributed by atoms with van der Waals surface area (Å²) < 4.78 is 6.88. The molecule has 5 heteroatoms. The summed E-state index contributed by atoms with van der Waals surface area (Å²) in [5.41, 5.74) is 6.47. The second-order valence-electron chi connectivity index (χ2n) is 5.62. The third-order valence-corrected chi connectivity index (χ3v) is 3.96. The molecule has 0 aliphatic carbocycles. The fourth-order valence-electron chi connectivity index (χ4n) is 2.88. The van der Waals surface area contributed by atoms with Gasteiger partial charge in [-0.15, -0.1) is 0 Å². The van der Waals surface area contributed by atoms with Gasteiger partial charge in [0, 0.05) is 12.0 Å². The quantitative estimate of drug-likeness (QED) is 0.647. The average Bonchev–Trinajstić information content (AvgIpc) is 2.88. The number of carbonyl (C=O) groups is 1. The lowest BCUT2D eigenvalue weighted by Gasteiger charge is -2.16. The summed E-state index contributed by atoms with van der Waals surface area (Å²) in [7, 11) is 0. The Morgan fingerprint density at radius 2 is 2.09 bits per heavy atom. The molecule has 1 aliphatic heterocycles. The Hall–Kier alpha value is -2.69. The fraction of sp³-hybridized carbons (Fsp3) is 0.235. The molecule has 0 N–H and O–H groups in total. The molecule has 0 unspecified atom stereocenters. The molecule has 2 aromatic heterocycles. The molecule has 3 heterocycles. The Morgan fingerprint density at radius 1 is 1.23 bits per heavy atom. The maximum absolute atomic E-state index is 11.7. The van der Waals surface area contributed by atoms with Crippen molar-refractivity contribution in [2.45, 2.75) is 20.3 Å². The standard InChI is InChI=1S/C17H15N3O2/c1-10-7-15(19-20-9-11(2)18-16(10)20)13-3-4-14-12(8-13)5-6-22-17(14)21/h3-4,7-9H,5-6H2,1-2H3. The highest BCUT2D eigenvalue weighted by molar-refractivity contribution is 5.92. The van der Waals surface area contributed by atoms with Crippen LogP contribution in [0.25, 0.3) is 16.9 Å². The van der Waals surface area contributed by atoms with Gasteiger partial charge in [0.25, 0.3) is 0 Å². The van der Waals surface area contributed by atoms with Gasteiger partial charge in [-0.25, -0.2) is 14.3 Å². The molecule has 0 bridgehead atoms. The molecule has 0 saturated carbocycles.